The van der Waals surface area contributed by atoms with Gasteiger partial charge in [0.1, 0.15) is 10.1 Å². The minimum atomic E-state index is -0.118. The molecule has 0 radical (unpaired) electrons. The Morgan fingerprint density at radius 3 is 2.88 bits per heavy atom. The number of anilines is 1. The number of benzene rings is 1. The number of ether oxygens (including phenoxy) is 1. The number of thioether (sulfide) groups is 1. The molecular formula is C23H25N3O3S3. The molecule has 1 saturated carbocycles. The highest BCUT2D eigenvalue weighted by molar-refractivity contribution is 8.26. The van der Waals surface area contributed by atoms with Crippen molar-refractivity contribution in [3.63, 3.8) is 0 Å². The summed E-state index contributed by atoms with van der Waals surface area (Å²) in [7, 11) is 0. The van der Waals surface area contributed by atoms with Crippen LogP contribution in [0.25, 0.3) is 6.08 Å². The summed E-state index contributed by atoms with van der Waals surface area (Å²) in [5.74, 6) is 0.575. The van der Waals surface area contributed by atoms with Crippen LogP contribution in [0.15, 0.2) is 40.7 Å². The number of carbonyl (C=O) groups excluding carboxylic acids is 2. The summed E-state index contributed by atoms with van der Waals surface area (Å²) in [5.41, 5.74) is 0.890. The lowest BCUT2D eigenvalue weighted by Crippen LogP contribution is -2.29. The second-order valence-corrected chi connectivity index (χ2v) is 10.3. The third kappa shape index (κ3) is 5.96. The van der Waals surface area contributed by atoms with Crippen molar-refractivity contribution in [1.82, 2.24) is 9.88 Å². The number of hydrogen-bond donors (Lipinski definition) is 1. The molecule has 1 N–H and O–H groups in total. The van der Waals surface area contributed by atoms with Gasteiger partial charge in [-0.3, -0.25) is 14.5 Å². The molecule has 2 aliphatic rings. The molecule has 2 heterocycles. The van der Waals surface area contributed by atoms with E-state index in [1.165, 1.54) is 42.4 Å². The van der Waals surface area contributed by atoms with Crippen molar-refractivity contribution in [1.29, 1.82) is 0 Å². The van der Waals surface area contributed by atoms with E-state index in [-0.39, 0.29) is 17.9 Å². The Morgan fingerprint density at radius 2 is 2.09 bits per heavy atom. The van der Waals surface area contributed by atoms with E-state index in [9.17, 15) is 9.59 Å². The van der Waals surface area contributed by atoms with E-state index in [1.54, 1.807) is 16.5 Å². The van der Waals surface area contributed by atoms with Gasteiger partial charge in [0, 0.05) is 30.1 Å². The molecule has 0 atom stereocenters. The Hall–Kier alpha value is -2.23. The van der Waals surface area contributed by atoms with E-state index in [1.807, 2.05) is 30.3 Å². The Bertz CT molecular complexity index is 1000. The second kappa shape index (κ2) is 11.1. The largest absolute Gasteiger partial charge is 0.490 e. The number of thiocarbonyl (C=S) groups is 1. The maximum Gasteiger partial charge on any atom is 0.266 e. The molecule has 4 rings (SSSR count). The molecule has 0 bridgehead atoms. The van der Waals surface area contributed by atoms with Gasteiger partial charge >= 0.3 is 0 Å². The van der Waals surface area contributed by atoms with Gasteiger partial charge in [0.25, 0.3) is 5.91 Å². The number of amides is 2. The summed E-state index contributed by atoms with van der Waals surface area (Å²) >= 11 is 8.11. The highest BCUT2D eigenvalue weighted by Gasteiger charge is 2.32. The molecule has 168 valence electrons. The third-order valence-electron chi connectivity index (χ3n) is 5.39. The SMILES string of the molecule is O=C(CCCN1C(=O)/C(=C/c2ccccc2OC2CCCCC2)SC1=S)Nc1nccs1. The number of nitrogens with one attached hydrogen (secondary N) is 1. The zero-order valence-electron chi connectivity index (χ0n) is 17.6. The van der Waals surface area contributed by atoms with Gasteiger partial charge < -0.3 is 10.1 Å². The first kappa shape index (κ1) is 22.9. The van der Waals surface area contributed by atoms with Crippen LogP contribution in [0.2, 0.25) is 0 Å². The molecule has 1 aromatic carbocycles. The van der Waals surface area contributed by atoms with E-state index >= 15 is 0 Å². The van der Waals surface area contributed by atoms with Crippen molar-refractivity contribution in [3.8, 4) is 5.75 Å². The highest BCUT2D eigenvalue weighted by atomic mass is 32.2. The minimum Gasteiger partial charge on any atom is -0.490 e. The fourth-order valence-corrected chi connectivity index (χ4v) is 5.61. The van der Waals surface area contributed by atoms with Crippen LogP contribution >= 0.6 is 35.3 Å². The van der Waals surface area contributed by atoms with Gasteiger partial charge in [-0.15, -0.1) is 11.3 Å². The predicted octanol–water partition coefficient (Wildman–Crippen LogP) is 5.47. The van der Waals surface area contributed by atoms with Crippen molar-refractivity contribution < 1.29 is 14.3 Å². The fourth-order valence-electron chi connectivity index (χ4n) is 3.77. The molecule has 32 heavy (non-hydrogen) atoms. The third-order valence-corrected chi connectivity index (χ3v) is 7.46. The van der Waals surface area contributed by atoms with Crippen LogP contribution in [0.3, 0.4) is 0 Å². The molecule has 9 heteroatoms. The zero-order valence-corrected chi connectivity index (χ0v) is 20.1. The van der Waals surface area contributed by atoms with Gasteiger partial charge in [0.2, 0.25) is 5.91 Å². The minimum absolute atomic E-state index is 0.116. The summed E-state index contributed by atoms with van der Waals surface area (Å²) in [5, 5.41) is 5.14. The van der Waals surface area contributed by atoms with Crippen LogP contribution < -0.4 is 10.1 Å². The average Bonchev–Trinajstić information content (AvgIpc) is 3.39. The number of hydrogen-bond acceptors (Lipinski definition) is 7. The van der Waals surface area contributed by atoms with Crippen molar-refractivity contribution in [2.75, 3.05) is 11.9 Å². The maximum absolute atomic E-state index is 13.0. The smallest absolute Gasteiger partial charge is 0.266 e. The van der Waals surface area contributed by atoms with E-state index in [0.717, 1.165) is 24.2 Å². The average molecular weight is 488 g/mol. The van der Waals surface area contributed by atoms with Gasteiger partial charge in [-0.05, 0) is 44.2 Å². The Labute approximate surface area is 201 Å². The Balaban J connectivity index is 1.35. The number of carbonyl (C=O) groups is 2. The number of aromatic nitrogens is 1. The summed E-state index contributed by atoms with van der Waals surface area (Å²) in [6.45, 7) is 0.410. The number of nitrogens with zero attached hydrogens (tertiary/aromatic N) is 2. The molecule has 1 saturated heterocycles. The van der Waals surface area contributed by atoms with E-state index in [2.05, 4.69) is 10.3 Å². The molecule has 2 fully saturated rings. The van der Waals surface area contributed by atoms with Gasteiger partial charge in [-0.1, -0.05) is 48.6 Å². The van der Waals surface area contributed by atoms with Crippen LogP contribution in [0, 0.1) is 0 Å². The van der Waals surface area contributed by atoms with Gasteiger partial charge in [-0.25, -0.2) is 4.98 Å². The number of rotatable bonds is 8. The molecular weight excluding hydrogens is 462 g/mol. The monoisotopic (exact) mass is 487 g/mol. The first-order valence-electron chi connectivity index (χ1n) is 10.8. The molecule has 6 nitrogen and oxygen atoms in total. The zero-order chi connectivity index (χ0) is 22.3. The number of para-hydroxylation sites is 1. The standard InChI is InChI=1S/C23H25N3O3S3/c27-20(25-22-24-12-14-31-22)11-6-13-26-21(28)19(32-23(26)30)15-16-7-4-5-10-18(16)29-17-8-2-1-3-9-17/h4-5,7,10,12,14-15,17H,1-3,6,8-9,11,13H2,(H,24,25,27)/b19-15-. The van der Waals surface area contributed by atoms with Crippen molar-refractivity contribution >= 4 is 62.7 Å². The second-order valence-electron chi connectivity index (χ2n) is 7.74. The van der Waals surface area contributed by atoms with E-state index < -0.39 is 0 Å². The molecule has 0 spiro atoms. The first-order valence-corrected chi connectivity index (χ1v) is 12.9. The molecule has 2 amide bonds. The highest BCUT2D eigenvalue weighted by Crippen LogP contribution is 2.35. The Kier molecular flexibility index (Phi) is 7.94. The van der Waals surface area contributed by atoms with E-state index in [4.69, 9.17) is 17.0 Å². The molecule has 2 aromatic rings. The van der Waals surface area contributed by atoms with Gasteiger partial charge in [0.05, 0.1) is 11.0 Å². The summed E-state index contributed by atoms with van der Waals surface area (Å²) in [6, 6.07) is 7.83. The summed E-state index contributed by atoms with van der Waals surface area (Å²) in [4.78, 5) is 31.2. The lowest BCUT2D eigenvalue weighted by atomic mass is 9.97. The molecule has 1 aliphatic heterocycles. The predicted molar refractivity (Wildman–Crippen MR) is 134 cm³/mol. The first-order chi connectivity index (χ1) is 15.6. The normalized spacial score (nSPS) is 18.4. The van der Waals surface area contributed by atoms with Gasteiger partial charge in [0.15, 0.2) is 5.13 Å². The van der Waals surface area contributed by atoms with Crippen LogP contribution in [0.4, 0.5) is 5.13 Å². The summed E-state index contributed by atoms with van der Waals surface area (Å²) in [6.07, 6.45) is 10.4. The van der Waals surface area contributed by atoms with Crippen LogP contribution in [-0.2, 0) is 9.59 Å². The lowest BCUT2D eigenvalue weighted by Gasteiger charge is -2.23. The van der Waals surface area contributed by atoms with Crippen LogP contribution in [-0.4, -0.2) is 38.7 Å². The topological polar surface area (TPSA) is 71.5 Å². The molecule has 1 aliphatic carbocycles. The van der Waals surface area contributed by atoms with Crippen molar-refractivity contribution in [2.24, 2.45) is 0 Å². The van der Waals surface area contributed by atoms with Gasteiger partial charge in [-0.2, -0.15) is 0 Å². The quantitative estimate of drug-likeness (QED) is 0.393. The van der Waals surface area contributed by atoms with Crippen LogP contribution in [0.5, 0.6) is 5.75 Å². The van der Waals surface area contributed by atoms with Crippen LogP contribution in [0.1, 0.15) is 50.5 Å². The van der Waals surface area contributed by atoms with Crippen molar-refractivity contribution in [3.05, 3.63) is 46.3 Å². The molecule has 0 unspecified atom stereocenters. The Morgan fingerprint density at radius 1 is 1.28 bits per heavy atom. The van der Waals surface area contributed by atoms with E-state index in [0.29, 0.717) is 33.7 Å². The van der Waals surface area contributed by atoms with Crippen molar-refractivity contribution in [2.45, 2.75) is 51.0 Å². The number of thiazole rings is 1. The fraction of sp³-hybridized carbons (Fsp3) is 0.391. The molecule has 1 aromatic heterocycles. The lowest BCUT2D eigenvalue weighted by molar-refractivity contribution is -0.122. The maximum atomic E-state index is 13.0. The summed E-state index contributed by atoms with van der Waals surface area (Å²) < 4.78 is 6.78.